The summed E-state index contributed by atoms with van der Waals surface area (Å²) < 4.78 is 0. The van der Waals surface area contributed by atoms with E-state index in [4.69, 9.17) is 5.11 Å². The summed E-state index contributed by atoms with van der Waals surface area (Å²) in [5.41, 5.74) is 2.23. The summed E-state index contributed by atoms with van der Waals surface area (Å²) in [5, 5.41) is 11.7. The smallest absolute Gasteiger partial charge is 0.326 e. The number of carbonyl (C=O) groups is 3. The lowest BCUT2D eigenvalue weighted by Gasteiger charge is -2.26. The number of aromatic nitrogens is 1. The summed E-state index contributed by atoms with van der Waals surface area (Å²) >= 11 is 1.20. The number of nitrogens with zero attached hydrogens (tertiary/aromatic N) is 2. The minimum Gasteiger partial charge on any atom is -0.480 e. The first-order valence-corrected chi connectivity index (χ1v) is 7.47. The normalized spacial score (nSPS) is 11.8. The van der Waals surface area contributed by atoms with Gasteiger partial charge >= 0.3 is 5.97 Å². The van der Waals surface area contributed by atoms with E-state index >= 15 is 0 Å². The number of hydrogen-bond donors (Lipinski definition) is 2. The summed E-state index contributed by atoms with van der Waals surface area (Å²) in [6, 6.07) is -0.974. The Morgan fingerprint density at radius 2 is 2.14 bits per heavy atom. The standard InChI is InChI=1S/C13H19N3O4S/c1-4-10-11(21-7-15-10)12(18)16(8(2)13(19)20)6-5-14-9(3)17/h7-8H,4-6H2,1-3H3,(H,14,17)(H,19,20). The Labute approximate surface area is 127 Å². The SMILES string of the molecule is CCc1ncsc1C(=O)N(CCNC(C)=O)C(C)C(=O)O. The fraction of sp³-hybridized carbons (Fsp3) is 0.538. The molecule has 0 saturated heterocycles. The van der Waals surface area contributed by atoms with Crippen molar-refractivity contribution in [2.45, 2.75) is 33.2 Å². The molecule has 0 spiro atoms. The van der Waals surface area contributed by atoms with Crippen molar-refractivity contribution >= 4 is 29.1 Å². The zero-order chi connectivity index (χ0) is 16.0. The van der Waals surface area contributed by atoms with Crippen LogP contribution in [0, 0.1) is 0 Å². The highest BCUT2D eigenvalue weighted by Gasteiger charge is 2.28. The molecule has 1 rings (SSSR count). The maximum Gasteiger partial charge on any atom is 0.326 e. The van der Waals surface area contributed by atoms with E-state index in [2.05, 4.69) is 10.3 Å². The zero-order valence-electron chi connectivity index (χ0n) is 12.3. The Kier molecular flexibility index (Phi) is 6.29. The molecular formula is C13H19N3O4S. The van der Waals surface area contributed by atoms with Gasteiger partial charge in [-0.1, -0.05) is 6.92 Å². The summed E-state index contributed by atoms with van der Waals surface area (Å²) in [6.07, 6.45) is 0.603. The van der Waals surface area contributed by atoms with Crippen molar-refractivity contribution in [2.75, 3.05) is 13.1 Å². The number of aryl methyl sites for hydroxylation is 1. The van der Waals surface area contributed by atoms with Gasteiger partial charge in [-0.25, -0.2) is 9.78 Å². The maximum absolute atomic E-state index is 12.5. The van der Waals surface area contributed by atoms with Gasteiger partial charge in [0.2, 0.25) is 5.91 Å². The monoisotopic (exact) mass is 313 g/mol. The van der Waals surface area contributed by atoms with Gasteiger partial charge in [-0.3, -0.25) is 9.59 Å². The van der Waals surface area contributed by atoms with E-state index in [9.17, 15) is 14.4 Å². The second-order valence-electron chi connectivity index (χ2n) is 4.48. The maximum atomic E-state index is 12.5. The summed E-state index contributed by atoms with van der Waals surface area (Å²) in [7, 11) is 0. The van der Waals surface area contributed by atoms with E-state index < -0.39 is 12.0 Å². The van der Waals surface area contributed by atoms with E-state index in [1.54, 1.807) is 5.51 Å². The van der Waals surface area contributed by atoms with Gasteiger partial charge in [-0.15, -0.1) is 11.3 Å². The Bertz CT molecular complexity index is 529. The van der Waals surface area contributed by atoms with E-state index in [0.29, 0.717) is 17.0 Å². The molecule has 0 aromatic carbocycles. The minimum absolute atomic E-state index is 0.132. The van der Waals surface area contributed by atoms with Crippen LogP contribution in [0.2, 0.25) is 0 Å². The van der Waals surface area contributed by atoms with Crippen molar-refractivity contribution in [3.8, 4) is 0 Å². The van der Waals surface area contributed by atoms with Crippen molar-refractivity contribution in [1.82, 2.24) is 15.2 Å². The van der Waals surface area contributed by atoms with Crippen LogP contribution < -0.4 is 5.32 Å². The minimum atomic E-state index is -1.09. The van der Waals surface area contributed by atoms with E-state index in [0.717, 1.165) is 0 Å². The van der Waals surface area contributed by atoms with Crippen LogP contribution in [0.4, 0.5) is 0 Å². The molecule has 1 atom stereocenters. The average Bonchev–Trinajstić information content (AvgIpc) is 2.90. The van der Waals surface area contributed by atoms with E-state index in [-0.39, 0.29) is 24.9 Å². The highest BCUT2D eigenvalue weighted by Crippen LogP contribution is 2.18. The lowest BCUT2D eigenvalue weighted by Crippen LogP contribution is -2.46. The number of aliphatic carboxylic acids is 1. The third kappa shape index (κ3) is 4.52. The average molecular weight is 313 g/mol. The third-order valence-corrected chi connectivity index (χ3v) is 3.84. The van der Waals surface area contributed by atoms with Crippen molar-refractivity contribution < 1.29 is 19.5 Å². The van der Waals surface area contributed by atoms with Gasteiger partial charge in [0.25, 0.3) is 5.91 Å². The fourth-order valence-electron chi connectivity index (χ4n) is 1.78. The Hall–Kier alpha value is -1.96. The number of carboxylic acid groups (broad SMARTS) is 1. The number of carboxylic acids is 1. The number of hydrogen-bond acceptors (Lipinski definition) is 5. The number of thiazole rings is 1. The first kappa shape index (κ1) is 17.1. The van der Waals surface area contributed by atoms with Crippen molar-refractivity contribution in [3.63, 3.8) is 0 Å². The molecule has 116 valence electrons. The molecule has 7 nitrogen and oxygen atoms in total. The molecule has 0 bridgehead atoms. The molecule has 0 fully saturated rings. The number of amides is 2. The highest BCUT2D eigenvalue weighted by atomic mass is 32.1. The van der Waals surface area contributed by atoms with Gasteiger partial charge in [0, 0.05) is 20.0 Å². The fourth-order valence-corrected chi connectivity index (χ4v) is 2.62. The van der Waals surface area contributed by atoms with Crippen LogP contribution in [0.5, 0.6) is 0 Å². The van der Waals surface area contributed by atoms with E-state index in [1.807, 2.05) is 6.92 Å². The van der Waals surface area contributed by atoms with Crippen molar-refractivity contribution in [2.24, 2.45) is 0 Å². The predicted octanol–water partition coefficient (Wildman–Crippen LogP) is 0.757. The largest absolute Gasteiger partial charge is 0.480 e. The quantitative estimate of drug-likeness (QED) is 0.774. The first-order valence-electron chi connectivity index (χ1n) is 6.59. The van der Waals surface area contributed by atoms with Gasteiger partial charge in [-0.2, -0.15) is 0 Å². The molecule has 2 amide bonds. The molecular weight excluding hydrogens is 294 g/mol. The van der Waals surface area contributed by atoms with Crippen LogP contribution in [0.15, 0.2) is 5.51 Å². The summed E-state index contributed by atoms with van der Waals surface area (Å²) in [5.74, 6) is -1.68. The molecule has 1 heterocycles. The van der Waals surface area contributed by atoms with Crippen LogP contribution in [-0.2, 0) is 16.0 Å². The third-order valence-electron chi connectivity index (χ3n) is 2.98. The van der Waals surface area contributed by atoms with E-state index in [1.165, 1.54) is 30.1 Å². The second kappa shape index (κ2) is 7.72. The highest BCUT2D eigenvalue weighted by molar-refractivity contribution is 7.11. The molecule has 0 radical (unpaired) electrons. The molecule has 1 aromatic rings. The van der Waals surface area contributed by atoms with Crippen LogP contribution in [0.1, 0.15) is 36.1 Å². The van der Waals surface area contributed by atoms with Gasteiger partial charge in [-0.05, 0) is 13.3 Å². The lowest BCUT2D eigenvalue weighted by atomic mass is 10.2. The second-order valence-corrected chi connectivity index (χ2v) is 5.33. The van der Waals surface area contributed by atoms with Crippen molar-refractivity contribution in [1.29, 1.82) is 0 Å². The molecule has 2 N–H and O–H groups in total. The summed E-state index contributed by atoms with van der Waals surface area (Å²) in [4.78, 5) is 40.4. The van der Waals surface area contributed by atoms with Crippen LogP contribution in [0.3, 0.4) is 0 Å². The van der Waals surface area contributed by atoms with Crippen LogP contribution in [0.25, 0.3) is 0 Å². The Morgan fingerprint density at radius 3 is 2.67 bits per heavy atom. The molecule has 0 aliphatic rings. The molecule has 8 heteroatoms. The molecule has 1 unspecified atom stereocenters. The number of rotatable bonds is 7. The molecule has 1 aromatic heterocycles. The first-order chi connectivity index (χ1) is 9.88. The zero-order valence-corrected chi connectivity index (χ0v) is 13.1. The lowest BCUT2D eigenvalue weighted by molar-refractivity contribution is -0.141. The Morgan fingerprint density at radius 1 is 1.48 bits per heavy atom. The summed E-state index contributed by atoms with van der Waals surface area (Å²) in [6.45, 7) is 5.03. The predicted molar refractivity (Wildman–Crippen MR) is 78.3 cm³/mol. The molecule has 0 saturated carbocycles. The Balaban J connectivity index is 2.92. The molecule has 0 aliphatic carbocycles. The van der Waals surface area contributed by atoms with Crippen molar-refractivity contribution in [3.05, 3.63) is 16.1 Å². The van der Waals surface area contributed by atoms with Crippen LogP contribution >= 0.6 is 11.3 Å². The molecule has 21 heavy (non-hydrogen) atoms. The van der Waals surface area contributed by atoms with Gasteiger partial charge < -0.3 is 15.3 Å². The number of nitrogens with one attached hydrogen (secondary N) is 1. The van der Waals surface area contributed by atoms with Gasteiger partial charge in [0.05, 0.1) is 11.2 Å². The number of carbonyl (C=O) groups excluding carboxylic acids is 2. The van der Waals surface area contributed by atoms with Crippen LogP contribution in [-0.4, -0.2) is 51.9 Å². The van der Waals surface area contributed by atoms with Gasteiger partial charge in [0.1, 0.15) is 10.9 Å². The van der Waals surface area contributed by atoms with Gasteiger partial charge in [0.15, 0.2) is 0 Å². The molecule has 0 aliphatic heterocycles. The topological polar surface area (TPSA) is 99.6 Å².